The summed E-state index contributed by atoms with van der Waals surface area (Å²) in [5.74, 6) is 0.618. The molecule has 0 bridgehead atoms. The number of thioether (sulfide) groups is 1. The Kier molecular flexibility index (Phi) is 5.99. The highest BCUT2D eigenvalue weighted by atomic mass is 32.2. The van der Waals surface area contributed by atoms with E-state index in [4.69, 9.17) is 4.74 Å². The van der Waals surface area contributed by atoms with Gasteiger partial charge in [0.1, 0.15) is 11.3 Å². The molecule has 1 N–H and O–H groups in total. The average molecular weight is 419 g/mol. The smallest absolute Gasteiger partial charge is 0.257 e. The van der Waals surface area contributed by atoms with Gasteiger partial charge in [-0.2, -0.15) is 5.10 Å². The predicted molar refractivity (Wildman–Crippen MR) is 119 cm³/mol. The minimum Gasteiger partial charge on any atom is -0.494 e. The molecule has 4 rings (SSSR count). The van der Waals surface area contributed by atoms with Crippen molar-refractivity contribution in [3.63, 3.8) is 0 Å². The Balaban J connectivity index is 1.55. The molecular weight excluding hydrogens is 396 g/mol. The molecule has 0 aliphatic rings. The van der Waals surface area contributed by atoms with Crippen LogP contribution in [0.25, 0.3) is 16.9 Å². The average Bonchev–Trinajstić information content (AvgIpc) is 3.23. The summed E-state index contributed by atoms with van der Waals surface area (Å²) in [4.78, 5) is 18.3. The molecule has 0 radical (unpaired) electrons. The molecule has 0 aliphatic heterocycles. The molecule has 4 aromatic rings. The third-order valence-electron chi connectivity index (χ3n) is 4.72. The van der Waals surface area contributed by atoms with Crippen LogP contribution in [0.5, 0.6) is 5.75 Å². The molecule has 152 valence electrons. The van der Waals surface area contributed by atoms with E-state index in [2.05, 4.69) is 15.4 Å². The lowest BCUT2D eigenvalue weighted by molar-refractivity contribution is 0.0952. The number of hydrogen-bond acceptors (Lipinski definition) is 5. The van der Waals surface area contributed by atoms with E-state index in [1.807, 2.05) is 67.8 Å². The number of nitrogens with zero attached hydrogens (tertiary/aromatic N) is 3. The lowest BCUT2D eigenvalue weighted by Gasteiger charge is -2.08. The van der Waals surface area contributed by atoms with Gasteiger partial charge in [0.15, 0.2) is 5.65 Å². The molecule has 0 saturated carbocycles. The van der Waals surface area contributed by atoms with Crippen molar-refractivity contribution >= 4 is 23.3 Å². The summed E-state index contributed by atoms with van der Waals surface area (Å²) in [5.41, 5.74) is 3.84. The number of carbonyl (C=O) groups is 1. The van der Waals surface area contributed by atoms with Crippen molar-refractivity contribution in [2.24, 2.45) is 0 Å². The number of benzene rings is 2. The minimum atomic E-state index is -0.199. The van der Waals surface area contributed by atoms with Crippen molar-refractivity contribution in [2.45, 2.75) is 18.4 Å². The van der Waals surface area contributed by atoms with E-state index in [1.165, 1.54) is 4.90 Å². The van der Waals surface area contributed by atoms with Gasteiger partial charge in [-0.05, 0) is 61.2 Å². The highest BCUT2D eigenvalue weighted by Crippen LogP contribution is 2.23. The van der Waals surface area contributed by atoms with Crippen LogP contribution >= 0.6 is 11.8 Å². The zero-order chi connectivity index (χ0) is 20.9. The van der Waals surface area contributed by atoms with Crippen molar-refractivity contribution in [1.29, 1.82) is 0 Å². The molecule has 1 amide bonds. The zero-order valence-corrected chi connectivity index (χ0v) is 17.6. The summed E-state index contributed by atoms with van der Waals surface area (Å²) in [6.45, 7) is 3.03. The van der Waals surface area contributed by atoms with Gasteiger partial charge in [-0.3, -0.25) is 4.79 Å². The van der Waals surface area contributed by atoms with E-state index < -0.39 is 0 Å². The SMILES string of the molecule is CCOc1ccc(-c2ccnc3c(C(=O)NCc4ccc(SC)cc4)cnn23)cc1. The molecule has 0 saturated heterocycles. The molecule has 2 aromatic carbocycles. The van der Waals surface area contributed by atoms with Crippen LogP contribution in [0.1, 0.15) is 22.8 Å². The third kappa shape index (κ3) is 4.16. The van der Waals surface area contributed by atoms with Gasteiger partial charge in [0.05, 0.1) is 18.5 Å². The fourth-order valence-electron chi connectivity index (χ4n) is 3.18. The second kappa shape index (κ2) is 9.00. The van der Waals surface area contributed by atoms with Crippen LogP contribution in [0, 0.1) is 0 Å². The number of aromatic nitrogens is 3. The standard InChI is InChI=1S/C23H22N4O2S/c1-3-29-18-8-6-17(7-9-18)21-12-13-24-22-20(15-26-27(21)22)23(28)25-14-16-4-10-19(30-2)11-5-16/h4-13,15H,3,14H2,1-2H3,(H,25,28). The second-order valence-electron chi connectivity index (χ2n) is 6.61. The summed E-state index contributed by atoms with van der Waals surface area (Å²) in [6, 6.07) is 17.8. The minimum absolute atomic E-state index is 0.199. The lowest BCUT2D eigenvalue weighted by Crippen LogP contribution is -2.22. The van der Waals surface area contributed by atoms with E-state index in [0.717, 1.165) is 22.6 Å². The number of rotatable bonds is 7. The molecule has 0 atom stereocenters. The van der Waals surface area contributed by atoms with Gasteiger partial charge in [0.25, 0.3) is 5.91 Å². The predicted octanol–water partition coefficient (Wildman–Crippen LogP) is 4.45. The Labute approximate surface area is 179 Å². The number of amides is 1. The molecule has 0 unspecified atom stereocenters. The maximum atomic E-state index is 12.8. The van der Waals surface area contributed by atoms with Gasteiger partial charge < -0.3 is 10.1 Å². The number of ether oxygens (including phenoxy) is 1. The topological polar surface area (TPSA) is 68.5 Å². The number of hydrogen-bond donors (Lipinski definition) is 1. The number of fused-ring (bicyclic) bond motifs is 1. The summed E-state index contributed by atoms with van der Waals surface area (Å²) < 4.78 is 7.20. The van der Waals surface area contributed by atoms with Gasteiger partial charge >= 0.3 is 0 Å². The van der Waals surface area contributed by atoms with E-state index >= 15 is 0 Å². The highest BCUT2D eigenvalue weighted by molar-refractivity contribution is 7.98. The van der Waals surface area contributed by atoms with Crippen molar-refractivity contribution in [3.8, 4) is 17.0 Å². The number of nitrogens with one attached hydrogen (secondary N) is 1. The molecule has 0 aliphatic carbocycles. The normalized spacial score (nSPS) is 10.9. The highest BCUT2D eigenvalue weighted by Gasteiger charge is 2.16. The maximum absolute atomic E-state index is 12.8. The summed E-state index contributed by atoms with van der Waals surface area (Å²) in [7, 11) is 0. The second-order valence-corrected chi connectivity index (χ2v) is 7.49. The Morgan fingerprint density at radius 2 is 1.87 bits per heavy atom. The first-order chi connectivity index (χ1) is 14.7. The molecule has 2 aromatic heterocycles. The Hall–Kier alpha value is -3.32. The van der Waals surface area contributed by atoms with Crippen LogP contribution < -0.4 is 10.1 Å². The zero-order valence-electron chi connectivity index (χ0n) is 16.8. The third-order valence-corrected chi connectivity index (χ3v) is 5.46. The van der Waals surface area contributed by atoms with Gasteiger partial charge in [-0.1, -0.05) is 12.1 Å². The first-order valence-electron chi connectivity index (χ1n) is 9.66. The molecule has 0 fully saturated rings. The van der Waals surface area contributed by atoms with Crippen molar-refractivity contribution < 1.29 is 9.53 Å². The molecule has 6 nitrogen and oxygen atoms in total. The first kappa shape index (κ1) is 20.0. The van der Waals surface area contributed by atoms with Crippen LogP contribution in [0.15, 0.2) is 71.9 Å². The van der Waals surface area contributed by atoms with E-state index in [9.17, 15) is 4.79 Å². The van der Waals surface area contributed by atoms with Crippen molar-refractivity contribution in [3.05, 3.63) is 78.1 Å². The van der Waals surface area contributed by atoms with Gasteiger partial charge in [-0.25, -0.2) is 9.50 Å². The van der Waals surface area contributed by atoms with E-state index in [-0.39, 0.29) is 5.91 Å². The van der Waals surface area contributed by atoms with E-state index in [1.54, 1.807) is 28.7 Å². The Morgan fingerprint density at radius 3 is 2.57 bits per heavy atom. The van der Waals surface area contributed by atoms with Crippen LogP contribution in [0.2, 0.25) is 0 Å². The van der Waals surface area contributed by atoms with Crippen LogP contribution in [-0.2, 0) is 6.54 Å². The largest absolute Gasteiger partial charge is 0.494 e. The van der Waals surface area contributed by atoms with Crippen molar-refractivity contribution in [2.75, 3.05) is 12.9 Å². The van der Waals surface area contributed by atoms with E-state index in [0.29, 0.717) is 24.4 Å². The van der Waals surface area contributed by atoms with Crippen molar-refractivity contribution in [1.82, 2.24) is 19.9 Å². The molecule has 2 heterocycles. The maximum Gasteiger partial charge on any atom is 0.257 e. The van der Waals surface area contributed by atoms with Gasteiger partial charge in [-0.15, -0.1) is 11.8 Å². The lowest BCUT2D eigenvalue weighted by atomic mass is 10.1. The monoisotopic (exact) mass is 418 g/mol. The molecule has 7 heteroatoms. The van der Waals surface area contributed by atoms with Gasteiger partial charge in [0.2, 0.25) is 0 Å². The molecular formula is C23H22N4O2S. The summed E-state index contributed by atoms with van der Waals surface area (Å²) in [6.07, 6.45) is 5.30. The fourth-order valence-corrected chi connectivity index (χ4v) is 3.59. The Bertz CT molecular complexity index is 1150. The van der Waals surface area contributed by atoms with Crippen LogP contribution in [-0.4, -0.2) is 33.4 Å². The molecule has 0 spiro atoms. The van der Waals surface area contributed by atoms with Crippen LogP contribution in [0.4, 0.5) is 0 Å². The first-order valence-corrected chi connectivity index (χ1v) is 10.9. The Morgan fingerprint density at radius 1 is 1.10 bits per heavy atom. The molecule has 30 heavy (non-hydrogen) atoms. The van der Waals surface area contributed by atoms with Crippen LogP contribution in [0.3, 0.4) is 0 Å². The summed E-state index contributed by atoms with van der Waals surface area (Å²) in [5, 5.41) is 7.37. The van der Waals surface area contributed by atoms with Gasteiger partial charge in [0, 0.05) is 23.2 Å². The quantitative estimate of drug-likeness (QED) is 0.449. The summed E-state index contributed by atoms with van der Waals surface area (Å²) >= 11 is 1.69. The number of carbonyl (C=O) groups excluding carboxylic acids is 1. The fraction of sp³-hybridized carbons (Fsp3) is 0.174.